The highest BCUT2D eigenvalue weighted by Crippen LogP contribution is 2.29. The average Bonchev–Trinajstić information content (AvgIpc) is 2.38. The molecule has 0 spiro atoms. The molecule has 2 rings (SSSR count). The van der Waals surface area contributed by atoms with Crippen molar-refractivity contribution in [3.8, 4) is 17.6 Å². The molecule has 0 fully saturated rings. The highest BCUT2D eigenvalue weighted by molar-refractivity contribution is 6.31. The fourth-order valence-corrected chi connectivity index (χ4v) is 2.05. The quantitative estimate of drug-likeness (QED) is 0.918. The number of nitriles is 1. The predicted octanol–water partition coefficient (Wildman–Crippen LogP) is 4.02. The summed E-state index contributed by atoms with van der Waals surface area (Å²) < 4.78 is 5.66. The van der Waals surface area contributed by atoms with Gasteiger partial charge in [0.25, 0.3) is 0 Å². The fourth-order valence-electron chi connectivity index (χ4n) is 1.71. The van der Waals surface area contributed by atoms with E-state index in [0.717, 1.165) is 5.56 Å². The van der Waals surface area contributed by atoms with Crippen LogP contribution >= 0.6 is 11.6 Å². The van der Waals surface area contributed by atoms with Gasteiger partial charge in [0, 0.05) is 11.1 Å². The summed E-state index contributed by atoms with van der Waals surface area (Å²) in [7, 11) is 0. The first-order chi connectivity index (χ1) is 9.10. The van der Waals surface area contributed by atoms with E-state index in [1.165, 1.54) is 0 Å². The molecular weight excluding hydrogens is 260 g/mol. The molecule has 1 atom stereocenters. The summed E-state index contributed by atoms with van der Waals surface area (Å²) in [5.74, 6) is 1.22. The fraction of sp³-hybridized carbons (Fsp3) is 0.133. The second kappa shape index (κ2) is 5.75. The molecule has 0 radical (unpaired) electrons. The Morgan fingerprint density at radius 1 is 1.21 bits per heavy atom. The molecule has 0 saturated heterocycles. The number of hydrogen-bond donors (Lipinski definition) is 1. The van der Waals surface area contributed by atoms with Crippen molar-refractivity contribution in [2.45, 2.75) is 13.0 Å². The van der Waals surface area contributed by atoms with Crippen molar-refractivity contribution in [3.05, 3.63) is 58.6 Å². The van der Waals surface area contributed by atoms with E-state index in [2.05, 4.69) is 6.07 Å². The first kappa shape index (κ1) is 13.4. The Kier molecular flexibility index (Phi) is 4.06. The van der Waals surface area contributed by atoms with Gasteiger partial charge in [0.2, 0.25) is 0 Å². The van der Waals surface area contributed by atoms with Gasteiger partial charge in [-0.05, 0) is 42.8 Å². The first-order valence-corrected chi connectivity index (χ1v) is 6.21. The molecule has 2 aromatic carbocycles. The minimum Gasteiger partial charge on any atom is -0.457 e. The standard InChI is InChI=1S/C15H13ClN2O/c1-10(18)14-6-5-13(8-15(14)16)19-12-4-2-3-11(7-12)9-17/h2-8,10H,18H2,1H3. The maximum absolute atomic E-state index is 8.83. The number of nitrogens with two attached hydrogens (primary N) is 1. The normalized spacial score (nSPS) is 11.7. The van der Waals surface area contributed by atoms with E-state index < -0.39 is 0 Å². The largest absolute Gasteiger partial charge is 0.457 e. The first-order valence-electron chi connectivity index (χ1n) is 5.83. The van der Waals surface area contributed by atoms with E-state index in [1.807, 2.05) is 19.1 Å². The predicted molar refractivity (Wildman–Crippen MR) is 75.3 cm³/mol. The molecule has 0 amide bonds. The van der Waals surface area contributed by atoms with Crippen LogP contribution < -0.4 is 10.5 Å². The lowest BCUT2D eigenvalue weighted by Gasteiger charge is -2.11. The third kappa shape index (κ3) is 3.25. The molecule has 0 heterocycles. The van der Waals surface area contributed by atoms with Crippen LogP contribution in [0.15, 0.2) is 42.5 Å². The Morgan fingerprint density at radius 2 is 1.95 bits per heavy atom. The third-order valence-electron chi connectivity index (χ3n) is 2.66. The number of halogens is 1. The summed E-state index contributed by atoms with van der Waals surface area (Å²) in [6, 6.07) is 14.3. The number of rotatable bonds is 3. The van der Waals surface area contributed by atoms with Crippen LogP contribution in [0.2, 0.25) is 5.02 Å². The van der Waals surface area contributed by atoms with Gasteiger partial charge < -0.3 is 10.5 Å². The molecule has 0 aliphatic heterocycles. The molecule has 19 heavy (non-hydrogen) atoms. The van der Waals surface area contributed by atoms with Crippen molar-refractivity contribution in [2.24, 2.45) is 5.73 Å². The van der Waals surface area contributed by atoms with Crippen LogP contribution in [-0.4, -0.2) is 0 Å². The van der Waals surface area contributed by atoms with Crippen LogP contribution in [0.5, 0.6) is 11.5 Å². The van der Waals surface area contributed by atoms with Crippen molar-refractivity contribution in [3.63, 3.8) is 0 Å². The van der Waals surface area contributed by atoms with Gasteiger partial charge >= 0.3 is 0 Å². The van der Waals surface area contributed by atoms with Gasteiger partial charge in [-0.2, -0.15) is 5.26 Å². The van der Waals surface area contributed by atoms with E-state index in [4.69, 9.17) is 27.3 Å². The second-order valence-corrected chi connectivity index (χ2v) is 4.62. The third-order valence-corrected chi connectivity index (χ3v) is 2.99. The molecule has 4 heteroatoms. The van der Waals surface area contributed by atoms with Crippen molar-refractivity contribution in [1.29, 1.82) is 5.26 Å². The summed E-state index contributed by atoms with van der Waals surface area (Å²) in [5, 5.41) is 9.40. The molecule has 0 aliphatic rings. The summed E-state index contributed by atoms with van der Waals surface area (Å²) in [6.07, 6.45) is 0. The molecule has 0 saturated carbocycles. The Labute approximate surface area is 117 Å². The van der Waals surface area contributed by atoms with E-state index in [1.54, 1.807) is 30.3 Å². The molecule has 1 unspecified atom stereocenters. The summed E-state index contributed by atoms with van der Waals surface area (Å²) in [5.41, 5.74) is 7.22. The van der Waals surface area contributed by atoms with Crippen molar-refractivity contribution < 1.29 is 4.74 Å². The van der Waals surface area contributed by atoms with E-state index in [-0.39, 0.29) is 6.04 Å². The van der Waals surface area contributed by atoms with Crippen LogP contribution in [0, 0.1) is 11.3 Å². The zero-order valence-electron chi connectivity index (χ0n) is 10.4. The average molecular weight is 273 g/mol. The molecule has 3 nitrogen and oxygen atoms in total. The minimum atomic E-state index is -0.122. The van der Waals surface area contributed by atoms with Crippen LogP contribution in [-0.2, 0) is 0 Å². The van der Waals surface area contributed by atoms with E-state index in [0.29, 0.717) is 22.1 Å². The zero-order chi connectivity index (χ0) is 13.8. The van der Waals surface area contributed by atoms with E-state index >= 15 is 0 Å². The van der Waals surface area contributed by atoms with Gasteiger partial charge in [-0.25, -0.2) is 0 Å². The van der Waals surface area contributed by atoms with Gasteiger partial charge in [-0.1, -0.05) is 23.7 Å². The SMILES string of the molecule is CC(N)c1ccc(Oc2cccc(C#N)c2)cc1Cl. The smallest absolute Gasteiger partial charge is 0.128 e. The highest BCUT2D eigenvalue weighted by atomic mass is 35.5. The van der Waals surface area contributed by atoms with Crippen molar-refractivity contribution >= 4 is 11.6 Å². The van der Waals surface area contributed by atoms with Crippen LogP contribution in [0.25, 0.3) is 0 Å². The summed E-state index contributed by atoms with van der Waals surface area (Å²) >= 11 is 6.14. The summed E-state index contributed by atoms with van der Waals surface area (Å²) in [4.78, 5) is 0. The molecule has 0 bridgehead atoms. The lowest BCUT2D eigenvalue weighted by atomic mass is 10.1. The highest BCUT2D eigenvalue weighted by Gasteiger charge is 2.07. The van der Waals surface area contributed by atoms with Crippen LogP contribution in [0.1, 0.15) is 24.1 Å². The minimum absolute atomic E-state index is 0.122. The molecule has 0 aliphatic carbocycles. The Morgan fingerprint density at radius 3 is 2.58 bits per heavy atom. The molecular formula is C15H13ClN2O. The molecule has 2 aromatic rings. The van der Waals surface area contributed by atoms with Crippen molar-refractivity contribution in [2.75, 3.05) is 0 Å². The second-order valence-electron chi connectivity index (χ2n) is 4.21. The Hall–Kier alpha value is -2.02. The summed E-state index contributed by atoms with van der Waals surface area (Å²) in [6.45, 7) is 1.87. The topological polar surface area (TPSA) is 59.0 Å². The van der Waals surface area contributed by atoms with Crippen LogP contribution in [0.3, 0.4) is 0 Å². The maximum atomic E-state index is 8.83. The molecule has 96 valence electrons. The molecule has 2 N–H and O–H groups in total. The number of benzene rings is 2. The molecule has 0 aromatic heterocycles. The van der Waals surface area contributed by atoms with E-state index in [9.17, 15) is 0 Å². The lowest BCUT2D eigenvalue weighted by molar-refractivity contribution is 0.482. The zero-order valence-corrected chi connectivity index (χ0v) is 11.2. The van der Waals surface area contributed by atoms with Gasteiger partial charge in [-0.3, -0.25) is 0 Å². The maximum Gasteiger partial charge on any atom is 0.128 e. The Balaban J connectivity index is 2.24. The lowest BCUT2D eigenvalue weighted by Crippen LogP contribution is -2.05. The number of nitrogens with zero attached hydrogens (tertiary/aromatic N) is 1. The van der Waals surface area contributed by atoms with Crippen LogP contribution in [0.4, 0.5) is 0 Å². The van der Waals surface area contributed by atoms with Gasteiger partial charge in [0.15, 0.2) is 0 Å². The van der Waals surface area contributed by atoms with Gasteiger partial charge in [0.05, 0.1) is 11.6 Å². The monoisotopic (exact) mass is 272 g/mol. The number of ether oxygens (including phenoxy) is 1. The van der Waals surface area contributed by atoms with Gasteiger partial charge in [-0.15, -0.1) is 0 Å². The number of hydrogen-bond acceptors (Lipinski definition) is 3. The Bertz CT molecular complexity index is 632. The van der Waals surface area contributed by atoms with Crippen molar-refractivity contribution in [1.82, 2.24) is 0 Å². The van der Waals surface area contributed by atoms with Gasteiger partial charge in [0.1, 0.15) is 11.5 Å².